The van der Waals surface area contributed by atoms with E-state index in [2.05, 4.69) is 13.5 Å². The van der Waals surface area contributed by atoms with Gasteiger partial charge in [-0.1, -0.05) is 39.3 Å². The van der Waals surface area contributed by atoms with Crippen molar-refractivity contribution in [1.82, 2.24) is 0 Å². The quantitative estimate of drug-likeness (QED) is 0.338. The first kappa shape index (κ1) is 26.4. The van der Waals surface area contributed by atoms with E-state index in [-0.39, 0.29) is 36.2 Å². The molecular weight excluding hydrogens is 412 g/mol. The first-order valence-corrected chi connectivity index (χ1v) is 11.8. The Labute approximate surface area is 191 Å². The minimum absolute atomic E-state index is 0.0194. The summed E-state index contributed by atoms with van der Waals surface area (Å²) < 4.78 is 4.89. The van der Waals surface area contributed by atoms with Gasteiger partial charge in [0.1, 0.15) is 12.4 Å². The summed E-state index contributed by atoms with van der Waals surface area (Å²) in [6.45, 7) is 10.5. The molecule has 3 rings (SSSR count). The van der Waals surface area contributed by atoms with Crippen molar-refractivity contribution in [2.45, 2.75) is 84.7 Å². The largest absolute Gasteiger partial charge is 0.508 e. The van der Waals surface area contributed by atoms with E-state index in [1.807, 2.05) is 13.8 Å². The highest BCUT2D eigenvalue weighted by Gasteiger charge is 2.57. The zero-order valence-electron chi connectivity index (χ0n) is 19.7. The SMILES string of the molecule is C=C1CC[C@@H]2[C@](C)(CO)[C@H](O)CC[C@@]2(C)[C@@H]1CCC1=C(O)COC1=O.CCCCC(=O)O. The van der Waals surface area contributed by atoms with Crippen LogP contribution in [0.15, 0.2) is 23.5 Å². The van der Waals surface area contributed by atoms with Crippen LogP contribution in [0.1, 0.15) is 78.6 Å². The third-order valence-electron chi connectivity index (χ3n) is 8.06. The van der Waals surface area contributed by atoms with Gasteiger partial charge in [-0.2, -0.15) is 0 Å². The van der Waals surface area contributed by atoms with Crippen LogP contribution in [0, 0.1) is 22.7 Å². The fourth-order valence-electron chi connectivity index (χ4n) is 6.02. The van der Waals surface area contributed by atoms with Crippen LogP contribution in [-0.4, -0.2) is 51.7 Å². The Morgan fingerprint density at radius 2 is 1.97 bits per heavy atom. The number of cyclic esters (lactones) is 1. The smallest absolute Gasteiger partial charge is 0.337 e. The molecule has 0 aromatic rings. The fraction of sp³-hybridized carbons (Fsp3) is 0.760. The van der Waals surface area contributed by atoms with Crippen molar-refractivity contribution in [3.05, 3.63) is 23.5 Å². The van der Waals surface area contributed by atoms with E-state index < -0.39 is 23.5 Å². The number of aliphatic hydroxyl groups excluding tert-OH is 3. The molecule has 2 aliphatic carbocycles. The van der Waals surface area contributed by atoms with E-state index in [1.165, 1.54) is 5.57 Å². The van der Waals surface area contributed by atoms with Gasteiger partial charge in [-0.15, -0.1) is 0 Å². The third kappa shape index (κ3) is 5.37. The zero-order valence-corrected chi connectivity index (χ0v) is 19.7. The van der Waals surface area contributed by atoms with E-state index in [0.29, 0.717) is 24.8 Å². The minimum Gasteiger partial charge on any atom is -0.508 e. The first-order valence-electron chi connectivity index (χ1n) is 11.8. The van der Waals surface area contributed by atoms with Crippen LogP contribution in [0.5, 0.6) is 0 Å². The first-order chi connectivity index (χ1) is 15.0. The van der Waals surface area contributed by atoms with Crippen LogP contribution < -0.4 is 0 Å². The van der Waals surface area contributed by atoms with Crippen molar-refractivity contribution in [1.29, 1.82) is 0 Å². The lowest BCUT2D eigenvalue weighted by Crippen LogP contribution is -2.57. The molecule has 0 aromatic carbocycles. The number of rotatable bonds is 7. The predicted molar refractivity (Wildman–Crippen MR) is 121 cm³/mol. The van der Waals surface area contributed by atoms with E-state index in [0.717, 1.165) is 38.5 Å². The van der Waals surface area contributed by atoms with Crippen molar-refractivity contribution >= 4 is 11.9 Å². The monoisotopic (exact) mass is 452 g/mol. The van der Waals surface area contributed by atoms with Gasteiger partial charge < -0.3 is 25.2 Å². The average molecular weight is 453 g/mol. The molecule has 0 amide bonds. The second-order valence-corrected chi connectivity index (χ2v) is 10.1. The van der Waals surface area contributed by atoms with Crippen molar-refractivity contribution in [3.63, 3.8) is 0 Å². The molecule has 3 aliphatic rings. The van der Waals surface area contributed by atoms with Crippen LogP contribution >= 0.6 is 0 Å². The Hall–Kier alpha value is -1.86. The Bertz CT molecular complexity index is 743. The number of unbranched alkanes of at least 4 members (excludes halogenated alkanes) is 1. The van der Waals surface area contributed by atoms with Gasteiger partial charge >= 0.3 is 11.9 Å². The van der Waals surface area contributed by atoms with Gasteiger partial charge in [0.05, 0.1) is 18.3 Å². The molecule has 2 fully saturated rings. The molecule has 5 atom stereocenters. The summed E-state index contributed by atoms with van der Waals surface area (Å²) in [5.74, 6) is -0.644. The highest BCUT2D eigenvalue weighted by molar-refractivity contribution is 5.91. The number of aliphatic carboxylic acids is 1. The minimum atomic E-state index is -0.693. The highest BCUT2D eigenvalue weighted by Crippen LogP contribution is 2.61. The van der Waals surface area contributed by atoms with Gasteiger partial charge in [0.2, 0.25) is 0 Å². The van der Waals surface area contributed by atoms with Gasteiger partial charge in [-0.05, 0) is 62.2 Å². The fourth-order valence-corrected chi connectivity index (χ4v) is 6.02. The number of esters is 1. The van der Waals surface area contributed by atoms with Gasteiger partial charge in [0.25, 0.3) is 0 Å². The lowest BCUT2D eigenvalue weighted by molar-refractivity contribution is -0.152. The number of hydrogen-bond acceptors (Lipinski definition) is 6. The summed E-state index contributed by atoms with van der Waals surface area (Å²) in [6, 6.07) is 0. The van der Waals surface area contributed by atoms with Gasteiger partial charge in [-0.3, -0.25) is 4.79 Å². The molecule has 0 spiro atoms. The van der Waals surface area contributed by atoms with E-state index >= 15 is 0 Å². The van der Waals surface area contributed by atoms with Gasteiger partial charge in [-0.25, -0.2) is 4.79 Å². The predicted octanol–water partition coefficient (Wildman–Crippen LogP) is 4.14. The van der Waals surface area contributed by atoms with Gasteiger partial charge in [0.15, 0.2) is 0 Å². The van der Waals surface area contributed by atoms with Crippen LogP contribution in [-0.2, 0) is 14.3 Å². The summed E-state index contributed by atoms with van der Waals surface area (Å²) in [4.78, 5) is 21.5. The molecule has 0 radical (unpaired) electrons. The molecule has 182 valence electrons. The third-order valence-corrected chi connectivity index (χ3v) is 8.06. The Kier molecular flexibility index (Phi) is 8.94. The number of carboxylic acid groups (broad SMARTS) is 1. The number of allylic oxidation sites excluding steroid dienone is 1. The maximum Gasteiger partial charge on any atom is 0.337 e. The molecule has 0 aromatic heterocycles. The zero-order chi connectivity index (χ0) is 24.1. The number of carbonyl (C=O) groups is 2. The maximum absolute atomic E-state index is 11.8. The number of carboxylic acids is 1. The van der Waals surface area contributed by atoms with E-state index in [1.54, 1.807) is 0 Å². The lowest BCUT2D eigenvalue weighted by Gasteiger charge is -2.60. The number of ether oxygens (including phenoxy) is 1. The lowest BCUT2D eigenvalue weighted by atomic mass is 9.46. The summed E-state index contributed by atoms with van der Waals surface area (Å²) in [7, 11) is 0. The van der Waals surface area contributed by atoms with E-state index in [4.69, 9.17) is 9.84 Å². The summed E-state index contributed by atoms with van der Waals surface area (Å²) in [5, 5.41) is 38.4. The van der Waals surface area contributed by atoms with Crippen molar-refractivity contribution in [3.8, 4) is 0 Å². The normalized spacial score (nSPS) is 34.5. The summed E-state index contributed by atoms with van der Waals surface area (Å²) in [6.07, 6.45) is 6.17. The molecule has 7 heteroatoms. The molecule has 4 N–H and O–H groups in total. The maximum atomic E-state index is 11.8. The Morgan fingerprint density at radius 1 is 1.28 bits per heavy atom. The number of hydrogen-bond donors (Lipinski definition) is 4. The van der Waals surface area contributed by atoms with Crippen LogP contribution in [0.3, 0.4) is 0 Å². The molecule has 2 saturated carbocycles. The molecule has 0 bridgehead atoms. The molecule has 0 saturated heterocycles. The number of aliphatic hydroxyl groups is 3. The van der Waals surface area contributed by atoms with E-state index in [9.17, 15) is 24.9 Å². The van der Waals surface area contributed by atoms with Crippen molar-refractivity contribution in [2.24, 2.45) is 22.7 Å². The molecular formula is C25H40O7. The van der Waals surface area contributed by atoms with Crippen LogP contribution in [0.25, 0.3) is 0 Å². The second-order valence-electron chi connectivity index (χ2n) is 10.1. The van der Waals surface area contributed by atoms with Crippen LogP contribution in [0.2, 0.25) is 0 Å². The molecule has 0 unspecified atom stereocenters. The van der Waals surface area contributed by atoms with Crippen molar-refractivity contribution < 1.29 is 34.8 Å². The molecule has 1 aliphatic heterocycles. The van der Waals surface area contributed by atoms with Crippen LogP contribution in [0.4, 0.5) is 0 Å². The van der Waals surface area contributed by atoms with Crippen molar-refractivity contribution in [2.75, 3.05) is 13.2 Å². The number of fused-ring (bicyclic) bond motifs is 1. The summed E-state index contributed by atoms with van der Waals surface area (Å²) in [5.41, 5.74) is 1.01. The molecule has 32 heavy (non-hydrogen) atoms. The highest BCUT2D eigenvalue weighted by atomic mass is 16.5. The molecule has 7 nitrogen and oxygen atoms in total. The Morgan fingerprint density at radius 3 is 2.47 bits per heavy atom. The summed E-state index contributed by atoms with van der Waals surface area (Å²) >= 11 is 0. The topological polar surface area (TPSA) is 124 Å². The second kappa shape index (κ2) is 10.8. The Balaban J connectivity index is 0.000000451. The molecule has 1 heterocycles. The van der Waals surface area contributed by atoms with Gasteiger partial charge in [0, 0.05) is 11.8 Å². The number of carbonyl (C=O) groups excluding carboxylic acids is 1. The standard InChI is InChI=1S/C20H30O5.C5H10O2/c1-12-4-7-16-19(2,9-8-17(23)20(16,3)11-21)14(12)6-5-13-15(22)10-25-18(13)24;1-2-3-4-5(6)7/h14,16-17,21-23H,1,4-11H2,2-3H3;2-4H2,1H3,(H,6,7)/t14-,16+,17-,19+,20+;/m1./s1. The average Bonchev–Trinajstić information content (AvgIpc) is 3.07.